The predicted octanol–water partition coefficient (Wildman–Crippen LogP) is 10.4. The van der Waals surface area contributed by atoms with E-state index in [0.29, 0.717) is 13.0 Å². The average molecular weight is 1060 g/mol. The normalized spacial score (nSPS) is 25.2. The van der Waals surface area contributed by atoms with E-state index in [1.807, 2.05) is 0 Å². The number of unbranched alkanes of at least 4 members (excludes halogenated alkanes) is 18. The predicted molar refractivity (Wildman–Crippen MR) is 298 cm³/mol. The SMILES string of the molecule is CC/C=C\C/C=C\C/C=C\C/C=C\C/C=C\CCCCCCCCCCOCC(COC1OC(COC2OC(CO)C(O)C(O)C2O)C(O)C(O)C1O)OC(=O)CCCCCCCCC/C=C\C/C=C\CCCCC. The summed E-state index contributed by atoms with van der Waals surface area (Å²) in [5.74, 6) is -0.390. The minimum atomic E-state index is -1.71. The molecular formula is C61H104O14. The molecule has 75 heavy (non-hydrogen) atoms. The van der Waals surface area contributed by atoms with E-state index in [4.69, 9.17) is 28.4 Å². The number of aliphatic hydroxyl groups is 7. The number of rotatable bonds is 46. The molecule has 0 spiro atoms. The highest BCUT2D eigenvalue weighted by molar-refractivity contribution is 5.69. The van der Waals surface area contributed by atoms with Crippen LogP contribution in [0.1, 0.15) is 194 Å². The van der Waals surface area contributed by atoms with Crippen LogP contribution in [0, 0.1) is 0 Å². The van der Waals surface area contributed by atoms with Gasteiger partial charge in [-0.1, -0.05) is 182 Å². The van der Waals surface area contributed by atoms with Gasteiger partial charge in [0.2, 0.25) is 0 Å². The third kappa shape index (κ3) is 33.9. The second-order valence-electron chi connectivity index (χ2n) is 20.1. The minimum absolute atomic E-state index is 0.0478. The summed E-state index contributed by atoms with van der Waals surface area (Å²) in [6.45, 7) is 3.51. The van der Waals surface area contributed by atoms with Crippen molar-refractivity contribution in [1.29, 1.82) is 0 Å². The first-order valence-electron chi connectivity index (χ1n) is 29.2. The third-order valence-electron chi connectivity index (χ3n) is 13.4. The van der Waals surface area contributed by atoms with E-state index in [0.717, 1.165) is 89.9 Å². The van der Waals surface area contributed by atoms with E-state index in [-0.39, 0.29) is 25.6 Å². The molecule has 0 bridgehead atoms. The molecule has 2 heterocycles. The van der Waals surface area contributed by atoms with Crippen LogP contribution in [-0.4, -0.2) is 142 Å². The summed E-state index contributed by atoms with van der Waals surface area (Å²) in [5, 5.41) is 72.4. The summed E-state index contributed by atoms with van der Waals surface area (Å²) >= 11 is 0. The summed E-state index contributed by atoms with van der Waals surface area (Å²) in [7, 11) is 0. The first-order chi connectivity index (χ1) is 36.6. The second kappa shape index (κ2) is 47.2. The Morgan fingerprint density at radius 1 is 0.453 bits per heavy atom. The van der Waals surface area contributed by atoms with Crippen LogP contribution in [0.3, 0.4) is 0 Å². The lowest BCUT2D eigenvalue weighted by molar-refractivity contribution is -0.332. The van der Waals surface area contributed by atoms with Crippen LogP contribution >= 0.6 is 0 Å². The maximum atomic E-state index is 13.1. The van der Waals surface area contributed by atoms with Crippen LogP contribution in [0.2, 0.25) is 0 Å². The van der Waals surface area contributed by atoms with Crippen molar-refractivity contribution in [1.82, 2.24) is 0 Å². The van der Waals surface area contributed by atoms with Crippen molar-refractivity contribution >= 4 is 5.97 Å². The number of hydrogen-bond donors (Lipinski definition) is 7. The molecule has 0 aromatic carbocycles. The van der Waals surface area contributed by atoms with E-state index >= 15 is 0 Å². The van der Waals surface area contributed by atoms with E-state index in [9.17, 15) is 40.5 Å². The Morgan fingerprint density at radius 2 is 0.867 bits per heavy atom. The van der Waals surface area contributed by atoms with Gasteiger partial charge in [0, 0.05) is 13.0 Å². The van der Waals surface area contributed by atoms with Crippen LogP contribution in [-0.2, 0) is 33.2 Å². The first kappa shape index (κ1) is 68.3. The summed E-state index contributed by atoms with van der Waals surface area (Å²) in [6, 6.07) is 0. The second-order valence-corrected chi connectivity index (χ2v) is 20.1. The molecule has 2 rings (SSSR count). The van der Waals surface area contributed by atoms with E-state index < -0.39 is 80.7 Å². The molecule has 2 saturated heterocycles. The van der Waals surface area contributed by atoms with Gasteiger partial charge in [-0.2, -0.15) is 0 Å². The average Bonchev–Trinajstić information content (AvgIpc) is 3.41. The minimum Gasteiger partial charge on any atom is -0.457 e. The van der Waals surface area contributed by atoms with Crippen molar-refractivity contribution in [2.75, 3.05) is 33.0 Å². The molecule has 11 atom stereocenters. The third-order valence-corrected chi connectivity index (χ3v) is 13.4. The van der Waals surface area contributed by atoms with Gasteiger partial charge in [-0.25, -0.2) is 0 Å². The van der Waals surface area contributed by atoms with Gasteiger partial charge in [-0.3, -0.25) is 4.79 Å². The molecule has 0 saturated carbocycles. The topological polar surface area (TPSA) is 214 Å². The zero-order chi connectivity index (χ0) is 54.4. The number of esters is 1. The van der Waals surface area contributed by atoms with Crippen LogP contribution in [0.5, 0.6) is 0 Å². The Balaban J connectivity index is 1.72. The van der Waals surface area contributed by atoms with Crippen molar-refractivity contribution in [3.05, 3.63) is 85.1 Å². The molecule has 432 valence electrons. The lowest BCUT2D eigenvalue weighted by Crippen LogP contribution is -2.61. The van der Waals surface area contributed by atoms with Crippen molar-refractivity contribution in [2.24, 2.45) is 0 Å². The molecule has 2 aliphatic rings. The van der Waals surface area contributed by atoms with Crippen molar-refractivity contribution in [3.8, 4) is 0 Å². The van der Waals surface area contributed by atoms with Crippen molar-refractivity contribution < 1.29 is 69.0 Å². The largest absolute Gasteiger partial charge is 0.457 e. The number of carbonyl (C=O) groups excluding carboxylic acids is 1. The Bertz CT molecular complexity index is 1560. The van der Waals surface area contributed by atoms with Gasteiger partial charge in [-0.15, -0.1) is 0 Å². The van der Waals surface area contributed by atoms with Gasteiger partial charge < -0.3 is 64.2 Å². The molecule has 2 fully saturated rings. The van der Waals surface area contributed by atoms with Gasteiger partial charge in [-0.05, 0) is 89.9 Å². The lowest BCUT2D eigenvalue weighted by Gasteiger charge is -2.42. The molecule has 2 aliphatic heterocycles. The highest BCUT2D eigenvalue weighted by Gasteiger charge is 2.47. The van der Waals surface area contributed by atoms with E-state index in [1.165, 1.54) is 77.0 Å². The van der Waals surface area contributed by atoms with E-state index in [2.05, 4.69) is 98.9 Å². The Morgan fingerprint density at radius 3 is 1.36 bits per heavy atom. The fraction of sp³-hybridized carbons (Fsp3) is 0.754. The Kier molecular flexibility index (Phi) is 43.0. The summed E-state index contributed by atoms with van der Waals surface area (Å²) in [5.41, 5.74) is 0. The fourth-order valence-corrected chi connectivity index (χ4v) is 8.69. The molecular weight excluding hydrogens is 957 g/mol. The van der Waals surface area contributed by atoms with Gasteiger partial charge in [0.15, 0.2) is 12.6 Å². The van der Waals surface area contributed by atoms with Crippen LogP contribution in [0.15, 0.2) is 85.1 Å². The number of aliphatic hydroxyl groups excluding tert-OH is 7. The molecule has 0 aromatic rings. The molecule has 7 N–H and O–H groups in total. The molecule has 0 aliphatic carbocycles. The molecule has 11 unspecified atom stereocenters. The Hall–Kier alpha value is -2.83. The number of hydrogen-bond acceptors (Lipinski definition) is 14. The zero-order valence-corrected chi connectivity index (χ0v) is 46.3. The van der Waals surface area contributed by atoms with Gasteiger partial charge in [0.1, 0.15) is 54.9 Å². The van der Waals surface area contributed by atoms with E-state index in [1.54, 1.807) is 0 Å². The standard InChI is InChI=1S/C61H104O14/c1-3-5-7-9-11-13-15-17-19-21-22-23-24-25-26-27-29-31-33-35-37-39-41-43-45-70-47-50(73-53(63)44-42-40-38-36-34-32-30-28-20-18-16-14-12-10-8-6-4-2)48-71-60-59(69)57(67)55(65)52(75-60)49-72-61-58(68)56(66)54(64)51(46-62)74-61/h5,7,11-14,17-20,22-23,25-26,50-52,54-62,64-69H,3-4,6,8-10,15-16,21,24,27-49H2,1-2H3/b7-5-,13-11-,14-12-,19-17-,20-18-,23-22-,26-25-. The molecule has 0 amide bonds. The van der Waals surface area contributed by atoms with Crippen LogP contribution in [0.4, 0.5) is 0 Å². The first-order valence-corrected chi connectivity index (χ1v) is 29.2. The highest BCUT2D eigenvalue weighted by atomic mass is 16.7. The molecule has 0 aromatic heterocycles. The molecule has 0 radical (unpaired) electrons. The number of allylic oxidation sites excluding steroid dienone is 14. The number of carbonyl (C=O) groups is 1. The van der Waals surface area contributed by atoms with Crippen molar-refractivity contribution in [3.63, 3.8) is 0 Å². The maximum Gasteiger partial charge on any atom is 0.306 e. The van der Waals surface area contributed by atoms with Gasteiger partial charge in [0.05, 0.1) is 26.4 Å². The van der Waals surface area contributed by atoms with Gasteiger partial charge >= 0.3 is 5.97 Å². The Labute approximate surface area is 452 Å². The fourth-order valence-electron chi connectivity index (χ4n) is 8.69. The smallest absolute Gasteiger partial charge is 0.306 e. The van der Waals surface area contributed by atoms with Crippen molar-refractivity contribution in [2.45, 2.75) is 261 Å². The summed E-state index contributed by atoms with van der Waals surface area (Å²) in [6.07, 6.45) is 44.9. The summed E-state index contributed by atoms with van der Waals surface area (Å²) in [4.78, 5) is 13.1. The highest BCUT2D eigenvalue weighted by Crippen LogP contribution is 2.26. The van der Waals surface area contributed by atoms with Crippen LogP contribution < -0.4 is 0 Å². The van der Waals surface area contributed by atoms with Gasteiger partial charge in [0.25, 0.3) is 0 Å². The van der Waals surface area contributed by atoms with Crippen LogP contribution in [0.25, 0.3) is 0 Å². The number of ether oxygens (including phenoxy) is 6. The maximum absolute atomic E-state index is 13.1. The lowest BCUT2D eigenvalue weighted by atomic mass is 9.98. The monoisotopic (exact) mass is 1060 g/mol. The molecule has 14 heteroatoms. The quantitative estimate of drug-likeness (QED) is 0.0172. The zero-order valence-electron chi connectivity index (χ0n) is 46.3. The summed E-state index contributed by atoms with van der Waals surface area (Å²) < 4.78 is 34.4. The molecule has 14 nitrogen and oxygen atoms in total.